The first-order valence-corrected chi connectivity index (χ1v) is 4.92. The third-order valence-corrected chi connectivity index (χ3v) is 2.34. The maximum atomic E-state index is 12.8. The quantitative estimate of drug-likeness (QED) is 0.710. The molecule has 4 heteroatoms. The van der Waals surface area contributed by atoms with Crippen molar-refractivity contribution in [1.82, 2.24) is 0 Å². The number of rotatable bonds is 1. The van der Waals surface area contributed by atoms with Crippen LogP contribution in [0, 0.1) is 0 Å². The van der Waals surface area contributed by atoms with Gasteiger partial charge in [-0.3, -0.25) is 0 Å². The van der Waals surface area contributed by atoms with E-state index in [9.17, 15) is 13.2 Å². The number of alkyl halides is 3. The molecular weight excluding hydrogens is 217 g/mol. The lowest BCUT2D eigenvalue weighted by molar-refractivity contribution is -0.138. The summed E-state index contributed by atoms with van der Waals surface area (Å²) in [7, 11) is 1.35. The van der Waals surface area contributed by atoms with Crippen LogP contribution in [0.25, 0.3) is 0 Å². The minimum Gasteiger partial charge on any atom is -0.497 e. The van der Waals surface area contributed by atoms with Crippen LogP contribution in [-0.2, 0) is 11.6 Å². The molecule has 1 aromatic rings. The van der Waals surface area contributed by atoms with E-state index in [2.05, 4.69) is 0 Å². The molecule has 16 heavy (non-hydrogen) atoms. The fraction of sp³-hybridized carbons (Fsp3) is 0.500. The van der Waals surface area contributed by atoms with E-state index in [0.717, 1.165) is 6.07 Å². The van der Waals surface area contributed by atoms with Gasteiger partial charge in [-0.2, -0.15) is 13.2 Å². The number of hydrogen-bond acceptors (Lipinski definition) is 1. The van der Waals surface area contributed by atoms with Gasteiger partial charge >= 0.3 is 6.18 Å². The van der Waals surface area contributed by atoms with Gasteiger partial charge in [0.2, 0.25) is 0 Å². The summed E-state index contributed by atoms with van der Waals surface area (Å²) in [4.78, 5) is 0. The highest BCUT2D eigenvalue weighted by atomic mass is 19.4. The molecule has 0 saturated carbocycles. The summed E-state index contributed by atoms with van der Waals surface area (Å²) in [6, 6.07) is 4.07. The monoisotopic (exact) mass is 232 g/mol. The largest absolute Gasteiger partial charge is 0.497 e. The average molecular weight is 232 g/mol. The van der Waals surface area contributed by atoms with E-state index in [1.807, 2.05) is 0 Å². The molecule has 0 bridgehead atoms. The summed E-state index contributed by atoms with van der Waals surface area (Å²) in [5.74, 6) is 0.223. The van der Waals surface area contributed by atoms with Crippen LogP contribution >= 0.6 is 0 Å². The van der Waals surface area contributed by atoms with E-state index in [-0.39, 0.29) is 11.3 Å². The van der Waals surface area contributed by atoms with Crippen LogP contribution in [0.15, 0.2) is 18.2 Å². The molecule has 0 unspecified atom stereocenters. The van der Waals surface area contributed by atoms with Crippen LogP contribution in [0.4, 0.5) is 13.2 Å². The van der Waals surface area contributed by atoms with Crippen molar-refractivity contribution in [2.45, 2.75) is 32.4 Å². The zero-order valence-electron chi connectivity index (χ0n) is 9.77. The minimum atomic E-state index is -4.35. The second kappa shape index (κ2) is 4.00. The molecule has 1 rings (SSSR count). The van der Waals surface area contributed by atoms with Gasteiger partial charge in [0.05, 0.1) is 12.7 Å². The molecule has 1 aromatic carbocycles. The number of ether oxygens (including phenoxy) is 1. The molecule has 0 amide bonds. The fourth-order valence-electron chi connectivity index (χ4n) is 1.54. The molecule has 0 spiro atoms. The van der Waals surface area contributed by atoms with Crippen LogP contribution in [0.5, 0.6) is 5.75 Å². The Kier molecular flexibility index (Phi) is 3.22. The summed E-state index contributed by atoms with van der Waals surface area (Å²) in [5.41, 5.74) is -0.892. The smallest absolute Gasteiger partial charge is 0.416 e. The summed E-state index contributed by atoms with van der Waals surface area (Å²) in [5, 5.41) is 0. The lowest BCUT2D eigenvalue weighted by Crippen LogP contribution is -2.19. The van der Waals surface area contributed by atoms with Crippen molar-refractivity contribution in [1.29, 1.82) is 0 Å². The van der Waals surface area contributed by atoms with Crippen molar-refractivity contribution in [3.8, 4) is 5.75 Å². The van der Waals surface area contributed by atoms with Crippen molar-refractivity contribution in [3.63, 3.8) is 0 Å². The average Bonchev–Trinajstić information content (AvgIpc) is 2.14. The first kappa shape index (κ1) is 12.9. The second-order valence-corrected chi connectivity index (χ2v) is 4.66. The van der Waals surface area contributed by atoms with Gasteiger partial charge in [-0.1, -0.05) is 26.8 Å². The first-order valence-electron chi connectivity index (χ1n) is 4.92. The molecule has 0 aliphatic rings. The highest BCUT2D eigenvalue weighted by Gasteiger charge is 2.36. The van der Waals surface area contributed by atoms with Gasteiger partial charge < -0.3 is 4.74 Å². The van der Waals surface area contributed by atoms with E-state index in [0.29, 0.717) is 0 Å². The predicted octanol–water partition coefficient (Wildman–Crippen LogP) is 4.01. The first-order chi connectivity index (χ1) is 7.16. The van der Waals surface area contributed by atoms with E-state index in [1.165, 1.54) is 13.2 Å². The lowest BCUT2D eigenvalue weighted by Gasteiger charge is -2.24. The molecule has 0 radical (unpaired) electrons. The molecule has 0 atom stereocenters. The Labute approximate surface area is 93.2 Å². The van der Waals surface area contributed by atoms with Gasteiger partial charge in [0.1, 0.15) is 5.75 Å². The summed E-state index contributed by atoms with van der Waals surface area (Å²) in [6.45, 7) is 5.26. The Morgan fingerprint density at radius 1 is 1.00 bits per heavy atom. The van der Waals surface area contributed by atoms with Crippen molar-refractivity contribution in [2.75, 3.05) is 7.11 Å². The Balaban J connectivity index is 3.40. The topological polar surface area (TPSA) is 9.23 Å². The Bertz CT molecular complexity index is 375. The molecule has 0 aliphatic carbocycles. The molecule has 0 saturated heterocycles. The number of halogens is 3. The van der Waals surface area contributed by atoms with Gasteiger partial charge in [0.15, 0.2) is 0 Å². The highest BCUT2D eigenvalue weighted by molar-refractivity contribution is 5.41. The van der Waals surface area contributed by atoms with E-state index in [1.54, 1.807) is 26.8 Å². The molecule has 0 heterocycles. The molecule has 0 aliphatic heterocycles. The van der Waals surface area contributed by atoms with Gasteiger partial charge in [-0.15, -0.1) is 0 Å². The summed E-state index contributed by atoms with van der Waals surface area (Å²) in [6.07, 6.45) is -4.35. The van der Waals surface area contributed by atoms with Crippen molar-refractivity contribution in [3.05, 3.63) is 29.3 Å². The van der Waals surface area contributed by atoms with E-state index < -0.39 is 17.2 Å². The zero-order chi connectivity index (χ0) is 12.6. The van der Waals surface area contributed by atoms with Crippen LogP contribution in [-0.4, -0.2) is 7.11 Å². The minimum absolute atomic E-state index is 0.223. The van der Waals surface area contributed by atoms with Gasteiger partial charge in [0.25, 0.3) is 0 Å². The fourth-order valence-corrected chi connectivity index (χ4v) is 1.54. The summed E-state index contributed by atoms with van der Waals surface area (Å²) >= 11 is 0. The number of hydrogen-bond donors (Lipinski definition) is 0. The van der Waals surface area contributed by atoms with Crippen LogP contribution < -0.4 is 4.74 Å². The maximum absolute atomic E-state index is 12.8. The zero-order valence-corrected chi connectivity index (χ0v) is 9.77. The van der Waals surface area contributed by atoms with Crippen LogP contribution in [0.2, 0.25) is 0 Å². The molecular formula is C12H15F3O. The summed E-state index contributed by atoms with van der Waals surface area (Å²) < 4.78 is 43.3. The van der Waals surface area contributed by atoms with Crippen molar-refractivity contribution in [2.24, 2.45) is 0 Å². The Morgan fingerprint density at radius 3 is 1.94 bits per heavy atom. The van der Waals surface area contributed by atoms with Crippen molar-refractivity contribution < 1.29 is 17.9 Å². The lowest BCUT2D eigenvalue weighted by atomic mass is 9.83. The molecule has 1 nitrogen and oxygen atoms in total. The molecule has 90 valence electrons. The van der Waals surface area contributed by atoms with E-state index in [4.69, 9.17) is 4.74 Å². The van der Waals surface area contributed by atoms with Crippen LogP contribution in [0.3, 0.4) is 0 Å². The molecule has 0 aromatic heterocycles. The third kappa shape index (κ3) is 2.68. The maximum Gasteiger partial charge on any atom is 0.416 e. The normalized spacial score (nSPS) is 12.7. The standard InChI is InChI=1S/C12H15F3O/c1-11(2,3)9-6-5-8(16-4)7-10(9)12(13,14)15/h5-7H,1-4H3. The van der Waals surface area contributed by atoms with Crippen LogP contribution in [0.1, 0.15) is 31.9 Å². The molecule has 0 fully saturated rings. The van der Waals surface area contributed by atoms with E-state index >= 15 is 0 Å². The predicted molar refractivity (Wildman–Crippen MR) is 56.7 cm³/mol. The highest BCUT2D eigenvalue weighted by Crippen LogP contribution is 2.39. The molecule has 0 N–H and O–H groups in total. The SMILES string of the molecule is COc1ccc(C(C)(C)C)c(C(F)(F)F)c1. The second-order valence-electron chi connectivity index (χ2n) is 4.66. The van der Waals surface area contributed by atoms with Crippen molar-refractivity contribution >= 4 is 0 Å². The Morgan fingerprint density at radius 2 is 1.56 bits per heavy atom. The number of methoxy groups -OCH3 is 1. The van der Waals surface area contributed by atoms with Gasteiger partial charge in [0, 0.05) is 0 Å². The van der Waals surface area contributed by atoms with Gasteiger partial charge in [-0.25, -0.2) is 0 Å². The Hall–Kier alpha value is -1.19. The van der Waals surface area contributed by atoms with Gasteiger partial charge in [-0.05, 0) is 23.1 Å². The third-order valence-electron chi connectivity index (χ3n) is 2.34. The number of benzene rings is 1.